The summed E-state index contributed by atoms with van der Waals surface area (Å²) in [5.74, 6) is 1.31. The van der Waals surface area contributed by atoms with E-state index in [2.05, 4.69) is 30.8 Å². The van der Waals surface area contributed by atoms with Gasteiger partial charge in [0.1, 0.15) is 0 Å². The second-order valence-corrected chi connectivity index (χ2v) is 3.96. The van der Waals surface area contributed by atoms with Crippen molar-refractivity contribution in [2.75, 3.05) is 19.5 Å². The third-order valence-electron chi connectivity index (χ3n) is 2.50. The fraction of sp³-hybridized carbons (Fsp3) is 0.455. The quantitative estimate of drug-likeness (QED) is 0.831. The zero-order chi connectivity index (χ0) is 13.8. The Labute approximate surface area is 110 Å². The predicted molar refractivity (Wildman–Crippen MR) is 68.4 cm³/mol. The Morgan fingerprint density at radius 3 is 2.79 bits per heavy atom. The third-order valence-corrected chi connectivity index (χ3v) is 2.50. The van der Waals surface area contributed by atoms with Gasteiger partial charge in [-0.3, -0.25) is 5.32 Å². The zero-order valence-electron chi connectivity index (χ0n) is 11.3. The van der Waals surface area contributed by atoms with E-state index in [1.165, 1.54) is 0 Å². The molecule has 8 heteroatoms. The molecule has 2 rings (SSSR count). The number of rotatable bonds is 5. The number of anilines is 2. The predicted octanol–water partition coefficient (Wildman–Crippen LogP) is 1.20. The van der Waals surface area contributed by atoms with Crippen LogP contribution in [-0.4, -0.2) is 34.3 Å². The molecule has 0 aliphatic carbocycles. The summed E-state index contributed by atoms with van der Waals surface area (Å²) in [6.07, 6.45) is 0. The smallest absolute Gasteiger partial charge is 0.322 e. The molecule has 8 nitrogen and oxygen atoms in total. The minimum absolute atomic E-state index is 0.0176. The van der Waals surface area contributed by atoms with Crippen molar-refractivity contribution >= 4 is 12.0 Å². The number of methoxy groups -OCH3 is 1. The highest BCUT2D eigenvalue weighted by Gasteiger charge is 2.13. The summed E-state index contributed by atoms with van der Waals surface area (Å²) in [5.41, 5.74) is 0.776. The first-order chi connectivity index (χ1) is 9.12. The molecule has 1 atom stereocenters. The van der Waals surface area contributed by atoms with E-state index in [1.807, 2.05) is 20.9 Å². The molecule has 1 unspecified atom stereocenters. The molecule has 0 aliphatic heterocycles. The highest BCUT2D eigenvalue weighted by molar-refractivity contribution is 5.41. The third kappa shape index (κ3) is 3.16. The Bertz CT molecular complexity index is 556. The van der Waals surface area contributed by atoms with Crippen LogP contribution in [0.5, 0.6) is 5.88 Å². The summed E-state index contributed by atoms with van der Waals surface area (Å²) in [7, 11) is 3.36. The zero-order valence-corrected chi connectivity index (χ0v) is 11.3. The number of hydrogen-bond donors (Lipinski definition) is 2. The average molecular weight is 264 g/mol. The Hall–Kier alpha value is -2.22. The van der Waals surface area contributed by atoms with Crippen molar-refractivity contribution in [3.8, 4) is 5.88 Å². The van der Waals surface area contributed by atoms with Crippen LogP contribution in [0.1, 0.15) is 24.6 Å². The van der Waals surface area contributed by atoms with Crippen molar-refractivity contribution < 1.29 is 9.15 Å². The van der Waals surface area contributed by atoms with Crippen molar-refractivity contribution in [3.63, 3.8) is 0 Å². The molecule has 2 aromatic heterocycles. The van der Waals surface area contributed by atoms with Crippen molar-refractivity contribution in [2.24, 2.45) is 0 Å². The summed E-state index contributed by atoms with van der Waals surface area (Å²) in [5, 5.41) is 13.7. The van der Waals surface area contributed by atoms with Crippen LogP contribution in [0.2, 0.25) is 0 Å². The monoisotopic (exact) mass is 264 g/mol. The number of aromatic nitrogens is 4. The van der Waals surface area contributed by atoms with E-state index in [9.17, 15) is 0 Å². The van der Waals surface area contributed by atoms with Gasteiger partial charge in [0.2, 0.25) is 17.7 Å². The van der Waals surface area contributed by atoms with Gasteiger partial charge < -0.3 is 14.5 Å². The largest absolute Gasteiger partial charge is 0.481 e. The van der Waals surface area contributed by atoms with Crippen LogP contribution in [0, 0.1) is 6.92 Å². The minimum atomic E-state index is -0.0176. The second-order valence-electron chi connectivity index (χ2n) is 3.96. The van der Waals surface area contributed by atoms with Crippen molar-refractivity contribution in [1.82, 2.24) is 25.5 Å². The van der Waals surface area contributed by atoms with Crippen molar-refractivity contribution in [2.45, 2.75) is 19.9 Å². The first-order valence-electron chi connectivity index (χ1n) is 5.79. The highest BCUT2D eigenvalue weighted by Crippen LogP contribution is 2.17. The lowest BCUT2D eigenvalue weighted by molar-refractivity contribution is 0.397. The molecule has 0 saturated heterocycles. The molecule has 0 fully saturated rings. The van der Waals surface area contributed by atoms with Crippen molar-refractivity contribution in [1.29, 1.82) is 0 Å². The van der Waals surface area contributed by atoms with Gasteiger partial charge in [0.05, 0.1) is 13.2 Å². The van der Waals surface area contributed by atoms with Crippen LogP contribution < -0.4 is 15.4 Å². The first kappa shape index (κ1) is 13.2. The molecule has 2 N–H and O–H groups in total. The number of ether oxygens (including phenoxy) is 1. The van der Waals surface area contributed by atoms with E-state index in [0.29, 0.717) is 17.7 Å². The molecule has 0 saturated carbocycles. The lowest BCUT2D eigenvalue weighted by Gasteiger charge is -2.04. The molecule has 102 valence electrons. The van der Waals surface area contributed by atoms with Crippen LogP contribution in [0.25, 0.3) is 0 Å². The standard InChI is InChI=1S/C11H16N6O2/c1-6-5-8(18-4)14-10(13-6)15-11-17-16-9(19-11)7(2)12-3/h5,7,12H,1-4H3,(H,13,14,15,17). The van der Waals surface area contributed by atoms with E-state index in [4.69, 9.17) is 9.15 Å². The number of nitrogens with zero attached hydrogens (tertiary/aromatic N) is 4. The summed E-state index contributed by atoms with van der Waals surface area (Å²) in [4.78, 5) is 8.34. The lowest BCUT2D eigenvalue weighted by Crippen LogP contribution is -2.12. The van der Waals surface area contributed by atoms with Crippen molar-refractivity contribution in [3.05, 3.63) is 17.7 Å². The van der Waals surface area contributed by atoms with Gasteiger partial charge in [0.15, 0.2) is 0 Å². The fourth-order valence-corrected chi connectivity index (χ4v) is 1.38. The fourth-order valence-electron chi connectivity index (χ4n) is 1.38. The van der Waals surface area contributed by atoms with Crippen LogP contribution >= 0.6 is 0 Å². The number of nitrogens with one attached hydrogen (secondary N) is 2. The van der Waals surface area contributed by atoms with Crippen LogP contribution in [0.15, 0.2) is 10.5 Å². The first-order valence-corrected chi connectivity index (χ1v) is 5.79. The Kier molecular flexibility index (Phi) is 3.91. The molecule has 0 spiro atoms. The van der Waals surface area contributed by atoms with Gasteiger partial charge in [-0.15, -0.1) is 5.10 Å². The van der Waals surface area contributed by atoms with Gasteiger partial charge in [-0.25, -0.2) is 4.98 Å². The van der Waals surface area contributed by atoms with E-state index in [0.717, 1.165) is 5.69 Å². The summed E-state index contributed by atoms with van der Waals surface area (Å²) in [6.45, 7) is 3.77. The summed E-state index contributed by atoms with van der Waals surface area (Å²) < 4.78 is 10.5. The molecular formula is C11H16N6O2. The van der Waals surface area contributed by atoms with Gasteiger partial charge in [0, 0.05) is 11.8 Å². The molecule has 0 aromatic carbocycles. The molecule has 0 radical (unpaired) electrons. The maximum Gasteiger partial charge on any atom is 0.322 e. The molecule has 2 aromatic rings. The van der Waals surface area contributed by atoms with Gasteiger partial charge >= 0.3 is 6.01 Å². The Balaban J connectivity index is 2.16. The van der Waals surface area contributed by atoms with Crippen LogP contribution in [-0.2, 0) is 0 Å². The normalized spacial score (nSPS) is 12.2. The van der Waals surface area contributed by atoms with E-state index in [-0.39, 0.29) is 12.1 Å². The highest BCUT2D eigenvalue weighted by atomic mass is 16.5. The van der Waals surface area contributed by atoms with Crippen LogP contribution in [0.3, 0.4) is 0 Å². The summed E-state index contributed by atoms with van der Waals surface area (Å²) in [6, 6.07) is 1.95. The number of hydrogen-bond acceptors (Lipinski definition) is 8. The SMILES string of the molecule is CNC(C)c1nnc(Nc2nc(C)cc(OC)n2)o1. The van der Waals surface area contributed by atoms with E-state index < -0.39 is 0 Å². The maximum absolute atomic E-state index is 5.44. The van der Waals surface area contributed by atoms with E-state index in [1.54, 1.807) is 13.2 Å². The molecular weight excluding hydrogens is 248 g/mol. The van der Waals surface area contributed by atoms with Gasteiger partial charge in [-0.05, 0) is 20.9 Å². The molecule has 0 bridgehead atoms. The van der Waals surface area contributed by atoms with Gasteiger partial charge in [-0.1, -0.05) is 5.10 Å². The Morgan fingerprint density at radius 1 is 1.32 bits per heavy atom. The minimum Gasteiger partial charge on any atom is -0.481 e. The van der Waals surface area contributed by atoms with E-state index >= 15 is 0 Å². The van der Waals surface area contributed by atoms with Crippen LogP contribution in [0.4, 0.5) is 12.0 Å². The molecule has 0 aliphatic rings. The molecule has 2 heterocycles. The molecule has 19 heavy (non-hydrogen) atoms. The second kappa shape index (κ2) is 5.61. The lowest BCUT2D eigenvalue weighted by atomic mass is 10.3. The number of aryl methyl sites for hydroxylation is 1. The van der Waals surface area contributed by atoms with Gasteiger partial charge in [0.25, 0.3) is 0 Å². The average Bonchev–Trinajstić information content (AvgIpc) is 2.85. The van der Waals surface area contributed by atoms with Gasteiger partial charge in [-0.2, -0.15) is 4.98 Å². The summed E-state index contributed by atoms with van der Waals surface area (Å²) >= 11 is 0. The molecule has 0 amide bonds. The Morgan fingerprint density at radius 2 is 2.11 bits per heavy atom. The maximum atomic E-state index is 5.44. The topological polar surface area (TPSA) is 98.0 Å².